The Balaban J connectivity index is 5.32. The molecule has 13 nitrogen and oxygen atoms in total. The molecule has 0 aromatic carbocycles. The fourth-order valence-electron chi connectivity index (χ4n) is 2.30. The maximum atomic E-state index is 12.5. The minimum absolute atomic E-state index is 0.234. The van der Waals surface area contributed by atoms with Crippen LogP contribution in [-0.2, 0) is 28.8 Å². The van der Waals surface area contributed by atoms with Crippen molar-refractivity contribution in [1.29, 1.82) is 0 Å². The molecule has 0 saturated heterocycles. The molecule has 0 bridgehead atoms. The molecule has 0 rings (SSSR count). The van der Waals surface area contributed by atoms with Crippen LogP contribution in [0.3, 0.4) is 0 Å². The highest BCUT2D eigenvalue weighted by Crippen LogP contribution is 2.06. The van der Waals surface area contributed by atoms with E-state index in [0.29, 0.717) is 6.42 Å². The normalized spacial score (nSPS) is 15.5. The number of primary amides is 1. The second-order valence-electron chi connectivity index (χ2n) is 6.88. The van der Waals surface area contributed by atoms with E-state index in [9.17, 15) is 28.8 Å². The average molecular weight is 464 g/mol. The lowest BCUT2D eigenvalue weighted by Gasteiger charge is -2.24. The predicted octanol–water partition coefficient (Wildman–Crippen LogP) is -2.82. The highest BCUT2D eigenvalue weighted by Gasteiger charge is 2.32. The number of hydrogen-bond acceptors (Lipinski definition) is 8. The summed E-state index contributed by atoms with van der Waals surface area (Å²) in [4.78, 5) is 70.2. The SMILES string of the molecule is CCC(C)C(N)C(=O)NC(CC(=O)O)C(=O)NC(CS)C(=O)NC(CC(N)=O)C(=O)O. The maximum absolute atomic E-state index is 12.5. The number of carboxylic acids is 2. The molecule has 176 valence electrons. The van der Waals surface area contributed by atoms with Crippen LogP contribution in [0, 0.1) is 5.92 Å². The van der Waals surface area contributed by atoms with E-state index >= 15 is 0 Å². The molecule has 5 atom stereocenters. The first-order chi connectivity index (χ1) is 14.3. The molecule has 0 fully saturated rings. The molecule has 0 aromatic rings. The summed E-state index contributed by atoms with van der Waals surface area (Å²) in [6.45, 7) is 3.51. The molecule has 0 aliphatic carbocycles. The van der Waals surface area contributed by atoms with Gasteiger partial charge in [0, 0.05) is 5.75 Å². The topological polar surface area (TPSA) is 231 Å². The van der Waals surface area contributed by atoms with E-state index in [2.05, 4.69) is 23.3 Å². The molecular formula is C17H29N5O8S. The third kappa shape index (κ3) is 10.1. The van der Waals surface area contributed by atoms with Gasteiger partial charge in [0.15, 0.2) is 0 Å². The van der Waals surface area contributed by atoms with E-state index in [1.165, 1.54) is 0 Å². The monoisotopic (exact) mass is 463 g/mol. The third-order valence-corrected chi connectivity index (χ3v) is 4.77. The van der Waals surface area contributed by atoms with Gasteiger partial charge in [-0.05, 0) is 5.92 Å². The number of nitrogens with two attached hydrogens (primary N) is 2. The van der Waals surface area contributed by atoms with Gasteiger partial charge >= 0.3 is 11.9 Å². The van der Waals surface area contributed by atoms with Crippen LogP contribution < -0.4 is 27.4 Å². The zero-order valence-electron chi connectivity index (χ0n) is 17.2. The fourth-order valence-corrected chi connectivity index (χ4v) is 2.56. The van der Waals surface area contributed by atoms with Crippen LogP contribution >= 0.6 is 12.6 Å². The molecule has 5 unspecified atom stereocenters. The predicted molar refractivity (Wildman–Crippen MR) is 111 cm³/mol. The molecule has 0 radical (unpaired) electrons. The molecule has 4 amide bonds. The summed E-state index contributed by atoms with van der Waals surface area (Å²) in [7, 11) is 0. The van der Waals surface area contributed by atoms with E-state index in [0.717, 1.165) is 0 Å². The van der Waals surface area contributed by atoms with Gasteiger partial charge in [-0.3, -0.25) is 24.0 Å². The first-order valence-electron chi connectivity index (χ1n) is 9.34. The van der Waals surface area contributed by atoms with Gasteiger partial charge in [0.1, 0.15) is 18.1 Å². The maximum Gasteiger partial charge on any atom is 0.326 e. The quantitative estimate of drug-likeness (QED) is 0.124. The number of thiol groups is 1. The van der Waals surface area contributed by atoms with Crippen molar-refractivity contribution >= 4 is 48.2 Å². The number of nitrogens with one attached hydrogen (secondary N) is 3. The van der Waals surface area contributed by atoms with Gasteiger partial charge < -0.3 is 37.6 Å². The Bertz CT molecular complexity index is 704. The van der Waals surface area contributed by atoms with E-state index in [4.69, 9.17) is 21.7 Å². The van der Waals surface area contributed by atoms with Gasteiger partial charge in [0.25, 0.3) is 0 Å². The molecule has 0 spiro atoms. The van der Waals surface area contributed by atoms with Crippen molar-refractivity contribution in [2.75, 3.05) is 5.75 Å². The zero-order chi connectivity index (χ0) is 24.3. The molecule has 0 heterocycles. The molecule has 0 aliphatic heterocycles. The number of aliphatic carboxylic acids is 2. The smallest absolute Gasteiger partial charge is 0.326 e. The van der Waals surface area contributed by atoms with Gasteiger partial charge in [-0.2, -0.15) is 12.6 Å². The Hall–Kier alpha value is -2.87. The van der Waals surface area contributed by atoms with Crippen LogP contribution in [0.4, 0.5) is 0 Å². The second-order valence-corrected chi connectivity index (χ2v) is 7.25. The highest BCUT2D eigenvalue weighted by molar-refractivity contribution is 7.80. The van der Waals surface area contributed by atoms with Crippen LogP contribution in [-0.4, -0.2) is 75.7 Å². The summed E-state index contributed by atoms with van der Waals surface area (Å²) in [5, 5.41) is 24.6. The van der Waals surface area contributed by atoms with Crippen LogP contribution in [0.25, 0.3) is 0 Å². The molecule has 0 aromatic heterocycles. The van der Waals surface area contributed by atoms with Crippen LogP contribution in [0.15, 0.2) is 0 Å². The van der Waals surface area contributed by atoms with Crippen molar-refractivity contribution in [2.24, 2.45) is 17.4 Å². The second kappa shape index (κ2) is 13.4. The van der Waals surface area contributed by atoms with Crippen LogP contribution in [0.2, 0.25) is 0 Å². The van der Waals surface area contributed by atoms with E-state index < -0.39 is 72.6 Å². The Morgan fingerprint density at radius 3 is 1.77 bits per heavy atom. The minimum atomic E-state index is -1.63. The van der Waals surface area contributed by atoms with Crippen molar-refractivity contribution in [1.82, 2.24) is 16.0 Å². The Labute approximate surface area is 184 Å². The summed E-state index contributed by atoms with van der Waals surface area (Å²) in [6.07, 6.45) is -0.896. The number of amides is 4. The number of carbonyl (C=O) groups excluding carboxylic acids is 4. The zero-order valence-corrected chi connectivity index (χ0v) is 18.1. The van der Waals surface area contributed by atoms with Gasteiger partial charge in [-0.15, -0.1) is 0 Å². The van der Waals surface area contributed by atoms with Gasteiger partial charge in [0.2, 0.25) is 23.6 Å². The fraction of sp³-hybridized carbons (Fsp3) is 0.647. The number of carboxylic acid groups (broad SMARTS) is 2. The Morgan fingerprint density at radius 1 is 0.871 bits per heavy atom. The summed E-state index contributed by atoms with van der Waals surface area (Å²) in [5.74, 6) is -7.15. The lowest BCUT2D eigenvalue weighted by molar-refractivity contribution is -0.144. The van der Waals surface area contributed by atoms with Gasteiger partial charge in [-0.25, -0.2) is 4.79 Å². The number of carbonyl (C=O) groups is 6. The molecule has 14 heteroatoms. The standard InChI is InChI=1S/C17H29N5O8S/c1-3-7(2)13(19)16(28)20-8(5-12(24)25)14(26)22-10(6-31)15(27)21-9(17(29)30)4-11(18)23/h7-10,13,31H,3-6,19H2,1-2H3,(H2,18,23)(H,20,28)(H,21,27)(H,22,26)(H,24,25)(H,29,30). The molecule has 0 saturated carbocycles. The average Bonchev–Trinajstić information content (AvgIpc) is 2.68. The summed E-state index contributed by atoms with van der Waals surface area (Å²) >= 11 is 3.92. The molecule has 9 N–H and O–H groups in total. The summed E-state index contributed by atoms with van der Waals surface area (Å²) in [5.41, 5.74) is 10.7. The van der Waals surface area contributed by atoms with Crippen LogP contribution in [0.5, 0.6) is 0 Å². The Kier molecular flexibility index (Phi) is 12.2. The third-order valence-electron chi connectivity index (χ3n) is 4.41. The first kappa shape index (κ1) is 28.1. The summed E-state index contributed by atoms with van der Waals surface area (Å²) < 4.78 is 0. The summed E-state index contributed by atoms with van der Waals surface area (Å²) in [6, 6.07) is -5.55. The number of rotatable bonds is 14. The number of hydrogen-bond donors (Lipinski definition) is 8. The van der Waals surface area contributed by atoms with Crippen LogP contribution in [0.1, 0.15) is 33.1 Å². The Morgan fingerprint density at radius 2 is 1.35 bits per heavy atom. The van der Waals surface area contributed by atoms with E-state index in [1.807, 2.05) is 5.32 Å². The minimum Gasteiger partial charge on any atom is -0.481 e. The lowest BCUT2D eigenvalue weighted by atomic mass is 9.99. The van der Waals surface area contributed by atoms with Gasteiger partial charge in [-0.1, -0.05) is 20.3 Å². The van der Waals surface area contributed by atoms with Crippen molar-refractivity contribution in [3.05, 3.63) is 0 Å². The van der Waals surface area contributed by atoms with E-state index in [-0.39, 0.29) is 11.7 Å². The highest BCUT2D eigenvalue weighted by atomic mass is 32.1. The largest absolute Gasteiger partial charge is 0.481 e. The van der Waals surface area contributed by atoms with Crippen molar-refractivity contribution in [3.8, 4) is 0 Å². The lowest BCUT2D eigenvalue weighted by Crippen LogP contribution is -2.58. The van der Waals surface area contributed by atoms with Crippen molar-refractivity contribution in [3.63, 3.8) is 0 Å². The van der Waals surface area contributed by atoms with E-state index in [1.54, 1.807) is 13.8 Å². The van der Waals surface area contributed by atoms with Crippen molar-refractivity contribution < 1.29 is 39.0 Å². The van der Waals surface area contributed by atoms with Crippen molar-refractivity contribution in [2.45, 2.75) is 57.3 Å². The van der Waals surface area contributed by atoms with Gasteiger partial charge in [0.05, 0.1) is 18.9 Å². The molecule has 31 heavy (non-hydrogen) atoms. The molecule has 0 aliphatic rings. The first-order valence-corrected chi connectivity index (χ1v) is 9.97. The molecular weight excluding hydrogens is 434 g/mol.